The van der Waals surface area contributed by atoms with Crippen LogP contribution in [-0.2, 0) is 42.9 Å². The molecule has 44 heavy (non-hydrogen) atoms. The number of hydrogen-bond donors (Lipinski definition) is 1. The van der Waals surface area contributed by atoms with Crippen molar-refractivity contribution in [3.05, 3.63) is 58.6 Å². The lowest BCUT2D eigenvalue weighted by molar-refractivity contribution is -0.384. The minimum atomic E-state index is -1.49. The van der Waals surface area contributed by atoms with Crippen LogP contribution >= 0.6 is 0 Å². The van der Waals surface area contributed by atoms with Gasteiger partial charge in [0.05, 0.1) is 16.1 Å². The van der Waals surface area contributed by atoms with E-state index in [9.17, 15) is 34.4 Å². The molecular weight excluding hydrogens is 584 g/mol. The summed E-state index contributed by atoms with van der Waals surface area (Å²) in [7, 11) is 0. The quantitative estimate of drug-likeness (QED) is 0.120. The van der Waals surface area contributed by atoms with Crippen molar-refractivity contribution < 1.29 is 52.9 Å². The number of nitro groups is 1. The monoisotopic (exact) mass is 612 g/mol. The SMILES string of the molecule is CC(=O)OC[C@H]1O[C@@H](n2c(O)c(N=Nc3ccc([N+](=O)[O-])cc3)c3ccccc32)[C@@H](OC(C)=O)[C@@H](OC(C)=O)[C@H]1OC(C)=O. The van der Waals surface area contributed by atoms with Gasteiger partial charge in [0.15, 0.2) is 30.2 Å². The van der Waals surface area contributed by atoms with Gasteiger partial charge >= 0.3 is 23.9 Å². The molecule has 5 atom stereocenters. The molecule has 4 rings (SSSR count). The van der Waals surface area contributed by atoms with Gasteiger partial charge in [0.1, 0.15) is 12.7 Å². The molecule has 0 saturated carbocycles. The molecule has 1 aliphatic rings. The average molecular weight is 613 g/mol. The number of carbonyl (C=O) groups excluding carboxylic acids is 4. The zero-order chi connectivity index (χ0) is 32.1. The fourth-order valence-corrected chi connectivity index (χ4v) is 4.75. The lowest BCUT2D eigenvalue weighted by Gasteiger charge is -2.44. The van der Waals surface area contributed by atoms with Crippen molar-refractivity contribution in [3.63, 3.8) is 0 Å². The number of carbonyl (C=O) groups is 4. The van der Waals surface area contributed by atoms with Gasteiger partial charge in [-0.3, -0.25) is 33.9 Å². The van der Waals surface area contributed by atoms with Gasteiger partial charge in [0.2, 0.25) is 5.88 Å². The third-order valence-electron chi connectivity index (χ3n) is 6.41. The maximum Gasteiger partial charge on any atom is 0.303 e. The van der Waals surface area contributed by atoms with E-state index in [1.54, 1.807) is 24.3 Å². The molecule has 3 aromatic rings. The van der Waals surface area contributed by atoms with E-state index in [4.69, 9.17) is 23.7 Å². The molecule has 1 aliphatic heterocycles. The summed E-state index contributed by atoms with van der Waals surface area (Å²) in [5.74, 6) is -3.59. The molecule has 16 heteroatoms. The Morgan fingerprint density at radius 3 is 2.05 bits per heavy atom. The molecule has 1 fully saturated rings. The van der Waals surface area contributed by atoms with E-state index in [0.717, 1.165) is 27.7 Å². The molecule has 0 bridgehead atoms. The van der Waals surface area contributed by atoms with Gasteiger partial charge in [-0.25, -0.2) is 0 Å². The lowest BCUT2D eigenvalue weighted by atomic mass is 9.97. The summed E-state index contributed by atoms with van der Waals surface area (Å²) in [6.07, 6.45) is -7.04. The van der Waals surface area contributed by atoms with E-state index >= 15 is 0 Å². The molecule has 2 aromatic carbocycles. The van der Waals surface area contributed by atoms with E-state index in [2.05, 4.69) is 10.2 Å². The van der Waals surface area contributed by atoms with E-state index < -0.39 is 71.9 Å². The summed E-state index contributed by atoms with van der Waals surface area (Å²) in [4.78, 5) is 58.6. The number of rotatable bonds is 9. The number of non-ortho nitro benzene ring substituents is 1. The number of aromatic nitrogens is 1. The van der Waals surface area contributed by atoms with Crippen LogP contribution in [-0.4, -0.2) is 69.5 Å². The molecule has 2 heterocycles. The number of hydrogen-bond acceptors (Lipinski definition) is 14. The van der Waals surface area contributed by atoms with E-state index in [0.29, 0.717) is 10.9 Å². The topological polar surface area (TPSA) is 207 Å². The van der Waals surface area contributed by atoms with Crippen LogP contribution in [0.1, 0.15) is 33.9 Å². The van der Waals surface area contributed by atoms with E-state index in [1.165, 1.54) is 28.8 Å². The van der Waals surface area contributed by atoms with Gasteiger partial charge in [-0.1, -0.05) is 18.2 Å². The molecule has 1 saturated heterocycles. The largest absolute Gasteiger partial charge is 0.493 e. The normalized spacial score (nSPS) is 21.5. The van der Waals surface area contributed by atoms with Gasteiger partial charge in [-0.2, -0.15) is 5.11 Å². The zero-order valence-electron chi connectivity index (χ0n) is 23.9. The Balaban J connectivity index is 1.87. The minimum Gasteiger partial charge on any atom is -0.493 e. The Hall–Kier alpha value is -5.38. The number of fused-ring (bicyclic) bond motifs is 1. The summed E-state index contributed by atoms with van der Waals surface area (Å²) in [5.41, 5.74) is 0.390. The Labute approximate surface area is 249 Å². The maximum atomic E-state index is 12.3. The molecule has 1 N–H and O–H groups in total. The van der Waals surface area contributed by atoms with Crippen molar-refractivity contribution in [3.8, 4) is 5.88 Å². The van der Waals surface area contributed by atoms with Crippen molar-refractivity contribution in [2.24, 2.45) is 10.2 Å². The molecular formula is C28H28N4O12. The van der Waals surface area contributed by atoms with Crippen molar-refractivity contribution in [1.82, 2.24) is 4.57 Å². The van der Waals surface area contributed by atoms with Crippen LogP contribution < -0.4 is 0 Å². The predicted molar refractivity (Wildman–Crippen MR) is 148 cm³/mol. The number of benzene rings is 2. The molecule has 0 spiro atoms. The summed E-state index contributed by atoms with van der Waals surface area (Å²) < 4.78 is 29.0. The van der Waals surface area contributed by atoms with Crippen molar-refractivity contribution in [2.45, 2.75) is 58.3 Å². The number of aromatic hydroxyl groups is 1. The lowest BCUT2D eigenvalue weighted by Crippen LogP contribution is -2.60. The molecule has 0 amide bonds. The van der Waals surface area contributed by atoms with Gasteiger partial charge in [0, 0.05) is 45.2 Å². The number of esters is 4. The van der Waals surface area contributed by atoms with E-state index in [1.807, 2.05) is 0 Å². The molecule has 16 nitrogen and oxygen atoms in total. The Kier molecular flexibility index (Phi) is 9.53. The van der Waals surface area contributed by atoms with Crippen molar-refractivity contribution in [2.75, 3.05) is 6.61 Å². The van der Waals surface area contributed by atoms with Gasteiger partial charge in [-0.05, 0) is 18.2 Å². The first-order valence-corrected chi connectivity index (χ1v) is 13.2. The highest BCUT2D eigenvalue weighted by Crippen LogP contribution is 2.45. The van der Waals surface area contributed by atoms with Crippen molar-refractivity contribution in [1.29, 1.82) is 0 Å². The summed E-state index contributed by atoms with van der Waals surface area (Å²) in [6.45, 7) is 4.00. The van der Waals surface area contributed by atoms with Crippen LogP contribution in [0.15, 0.2) is 58.8 Å². The minimum absolute atomic E-state index is 0.0354. The number of nitrogens with zero attached hydrogens (tertiary/aromatic N) is 4. The fourth-order valence-electron chi connectivity index (χ4n) is 4.75. The third-order valence-corrected chi connectivity index (χ3v) is 6.41. The van der Waals surface area contributed by atoms with Crippen LogP contribution in [0.3, 0.4) is 0 Å². The van der Waals surface area contributed by atoms with Crippen LogP contribution in [0.5, 0.6) is 5.88 Å². The molecule has 0 unspecified atom stereocenters. The highest BCUT2D eigenvalue weighted by Gasteiger charge is 2.53. The van der Waals surface area contributed by atoms with Crippen LogP contribution in [0.25, 0.3) is 10.9 Å². The Morgan fingerprint density at radius 2 is 1.45 bits per heavy atom. The van der Waals surface area contributed by atoms with Crippen LogP contribution in [0, 0.1) is 10.1 Å². The molecule has 1 aromatic heterocycles. The Bertz CT molecular complexity index is 1620. The smallest absolute Gasteiger partial charge is 0.303 e. The molecule has 232 valence electrons. The predicted octanol–water partition coefficient (Wildman–Crippen LogP) is 3.93. The summed E-state index contributed by atoms with van der Waals surface area (Å²) >= 11 is 0. The summed E-state index contributed by atoms with van der Waals surface area (Å²) in [6, 6.07) is 11.8. The van der Waals surface area contributed by atoms with Crippen molar-refractivity contribution >= 4 is 51.8 Å². The summed E-state index contributed by atoms with van der Waals surface area (Å²) in [5, 5.41) is 31.1. The van der Waals surface area contributed by atoms with Gasteiger partial charge in [0.25, 0.3) is 5.69 Å². The molecule has 0 radical (unpaired) electrons. The second kappa shape index (κ2) is 13.3. The number of ether oxygens (including phenoxy) is 5. The number of para-hydroxylation sites is 1. The second-order valence-electron chi connectivity index (χ2n) is 9.62. The number of azo groups is 1. The van der Waals surface area contributed by atoms with Crippen LogP contribution in [0.4, 0.5) is 17.1 Å². The molecule has 0 aliphatic carbocycles. The average Bonchev–Trinajstić information content (AvgIpc) is 3.23. The van der Waals surface area contributed by atoms with Gasteiger partial charge in [-0.15, -0.1) is 5.11 Å². The highest BCUT2D eigenvalue weighted by molar-refractivity contribution is 5.95. The highest BCUT2D eigenvalue weighted by atomic mass is 16.7. The first-order chi connectivity index (χ1) is 20.9. The van der Waals surface area contributed by atoms with Gasteiger partial charge < -0.3 is 28.8 Å². The van der Waals surface area contributed by atoms with E-state index in [-0.39, 0.29) is 17.1 Å². The first kappa shape index (κ1) is 31.6. The fraction of sp³-hybridized carbons (Fsp3) is 0.357. The Morgan fingerprint density at radius 1 is 0.864 bits per heavy atom. The second-order valence-corrected chi connectivity index (χ2v) is 9.62. The zero-order valence-corrected chi connectivity index (χ0v) is 23.9. The van der Waals surface area contributed by atoms with Crippen LogP contribution in [0.2, 0.25) is 0 Å². The standard InChI is InChI=1S/C28H28N4O12/c1-14(33)40-13-22-24(41-15(2)34)25(42-16(3)35)26(43-17(4)36)28(44-22)31-21-8-6-5-7-20(21)23(27(31)37)30-29-18-9-11-19(12-10-18)32(38)39/h5-12,22,24-26,28,37H,13H2,1-4H3/t22-,24+,25+,26+,28-/m1/s1. The first-order valence-electron chi connectivity index (χ1n) is 13.2. The third kappa shape index (κ3) is 6.97. The maximum absolute atomic E-state index is 12.3. The number of nitro benzene ring substituents is 1.